The van der Waals surface area contributed by atoms with Crippen LogP contribution in [0.25, 0.3) is 0 Å². The maximum Gasteiger partial charge on any atom is 0.225 e. The molecule has 0 aliphatic carbocycles. The predicted molar refractivity (Wildman–Crippen MR) is 52.7 cm³/mol. The van der Waals surface area contributed by atoms with E-state index in [9.17, 15) is 9.90 Å². The number of amides is 1. The highest BCUT2D eigenvalue weighted by atomic mass is 16.3. The summed E-state index contributed by atoms with van der Waals surface area (Å²) >= 11 is 0. The summed E-state index contributed by atoms with van der Waals surface area (Å²) < 4.78 is 0. The number of nitrogens with zero attached hydrogens (tertiary/aromatic N) is 1. The first-order valence-corrected chi connectivity index (χ1v) is 5.36. The van der Waals surface area contributed by atoms with Crippen molar-refractivity contribution in [1.82, 2.24) is 10.2 Å². The zero-order valence-electron chi connectivity index (χ0n) is 8.57. The second kappa shape index (κ2) is 3.87. The number of hydrogen-bond donors (Lipinski definition) is 2. The summed E-state index contributed by atoms with van der Waals surface area (Å²) in [5.74, 6) is 0.829. The smallest absolute Gasteiger partial charge is 0.225 e. The van der Waals surface area contributed by atoms with E-state index in [1.807, 2.05) is 6.92 Å². The molecule has 0 saturated carbocycles. The fraction of sp³-hybridized carbons (Fsp3) is 0.900. The minimum atomic E-state index is -0.300. The van der Waals surface area contributed by atoms with E-state index in [1.165, 1.54) is 0 Å². The van der Waals surface area contributed by atoms with Crippen molar-refractivity contribution < 1.29 is 9.90 Å². The molecule has 0 aromatic heterocycles. The van der Waals surface area contributed by atoms with Crippen LogP contribution in [-0.2, 0) is 4.79 Å². The Labute approximate surface area is 84.3 Å². The largest absolute Gasteiger partial charge is 0.391 e. The minimum absolute atomic E-state index is 0.113. The molecule has 2 heterocycles. The van der Waals surface area contributed by atoms with Gasteiger partial charge in [0.2, 0.25) is 5.91 Å². The summed E-state index contributed by atoms with van der Waals surface area (Å²) in [5.41, 5.74) is 0. The van der Waals surface area contributed by atoms with Crippen LogP contribution < -0.4 is 5.32 Å². The first kappa shape index (κ1) is 9.93. The van der Waals surface area contributed by atoms with Gasteiger partial charge in [0.05, 0.1) is 6.10 Å². The number of aliphatic hydroxyl groups is 1. The lowest BCUT2D eigenvalue weighted by Crippen LogP contribution is -2.50. The van der Waals surface area contributed by atoms with E-state index < -0.39 is 0 Å². The number of hydrogen-bond acceptors (Lipinski definition) is 3. The molecule has 1 amide bonds. The molecule has 2 rings (SSSR count). The van der Waals surface area contributed by atoms with E-state index in [0.717, 1.165) is 26.1 Å². The Hall–Kier alpha value is -0.610. The van der Waals surface area contributed by atoms with Gasteiger partial charge in [0.25, 0.3) is 0 Å². The van der Waals surface area contributed by atoms with Crippen LogP contribution in [0.15, 0.2) is 0 Å². The van der Waals surface area contributed by atoms with Crippen LogP contribution in [0.4, 0.5) is 0 Å². The molecule has 2 atom stereocenters. The van der Waals surface area contributed by atoms with Gasteiger partial charge in [0.15, 0.2) is 0 Å². The third-order valence-electron chi connectivity index (χ3n) is 3.38. The molecule has 0 aromatic rings. The molecule has 2 fully saturated rings. The molecule has 2 aliphatic rings. The van der Waals surface area contributed by atoms with E-state index in [1.54, 1.807) is 4.90 Å². The van der Waals surface area contributed by atoms with Crippen LogP contribution in [0.5, 0.6) is 0 Å². The predicted octanol–water partition coefficient (Wildman–Crippen LogP) is -0.565. The van der Waals surface area contributed by atoms with E-state index in [0.29, 0.717) is 12.5 Å². The van der Waals surface area contributed by atoms with E-state index >= 15 is 0 Å². The van der Waals surface area contributed by atoms with Crippen molar-refractivity contribution in [2.45, 2.75) is 19.4 Å². The monoisotopic (exact) mass is 198 g/mol. The SMILES string of the molecule is CC(C(=O)N1CC[C@H](O)C1)C1CNC1. The van der Waals surface area contributed by atoms with Crippen LogP contribution in [0.1, 0.15) is 13.3 Å². The molecule has 4 heteroatoms. The molecule has 80 valence electrons. The summed E-state index contributed by atoms with van der Waals surface area (Å²) in [6.45, 7) is 5.18. The normalized spacial score (nSPS) is 30.1. The molecule has 0 spiro atoms. The Morgan fingerprint density at radius 1 is 1.57 bits per heavy atom. The van der Waals surface area contributed by atoms with Crippen molar-refractivity contribution in [3.05, 3.63) is 0 Å². The second-order valence-electron chi connectivity index (χ2n) is 4.43. The molecule has 0 aromatic carbocycles. The molecule has 1 unspecified atom stereocenters. The molecule has 0 bridgehead atoms. The quantitative estimate of drug-likeness (QED) is 0.625. The number of carbonyl (C=O) groups is 1. The second-order valence-corrected chi connectivity index (χ2v) is 4.43. The van der Waals surface area contributed by atoms with Crippen LogP contribution in [0, 0.1) is 11.8 Å². The lowest BCUT2D eigenvalue weighted by molar-refractivity contribution is -0.136. The lowest BCUT2D eigenvalue weighted by atomic mass is 9.88. The molecule has 0 radical (unpaired) electrons. The van der Waals surface area contributed by atoms with Crippen molar-refractivity contribution in [2.75, 3.05) is 26.2 Å². The average Bonchev–Trinajstić information content (AvgIpc) is 2.47. The Bertz CT molecular complexity index is 224. The van der Waals surface area contributed by atoms with Gasteiger partial charge in [0, 0.05) is 19.0 Å². The summed E-state index contributed by atoms with van der Waals surface area (Å²) in [6.07, 6.45) is 0.437. The highest BCUT2D eigenvalue weighted by Gasteiger charge is 2.34. The molecule has 2 saturated heterocycles. The highest BCUT2D eigenvalue weighted by Crippen LogP contribution is 2.20. The van der Waals surface area contributed by atoms with Crippen molar-refractivity contribution in [3.8, 4) is 0 Å². The van der Waals surface area contributed by atoms with Gasteiger partial charge in [-0.3, -0.25) is 4.79 Å². The van der Waals surface area contributed by atoms with E-state index in [-0.39, 0.29) is 17.9 Å². The van der Waals surface area contributed by atoms with Gasteiger partial charge in [-0.15, -0.1) is 0 Å². The van der Waals surface area contributed by atoms with Gasteiger partial charge >= 0.3 is 0 Å². The van der Waals surface area contributed by atoms with E-state index in [4.69, 9.17) is 0 Å². The Kier molecular flexibility index (Phi) is 2.74. The third-order valence-corrected chi connectivity index (χ3v) is 3.38. The number of likely N-dealkylation sites (tertiary alicyclic amines) is 1. The van der Waals surface area contributed by atoms with Gasteiger partial charge in [-0.1, -0.05) is 6.92 Å². The van der Waals surface area contributed by atoms with Crippen molar-refractivity contribution in [2.24, 2.45) is 11.8 Å². The Morgan fingerprint density at radius 2 is 2.29 bits per heavy atom. The zero-order chi connectivity index (χ0) is 10.1. The molecule has 2 N–H and O–H groups in total. The summed E-state index contributed by atoms with van der Waals surface area (Å²) in [7, 11) is 0. The summed E-state index contributed by atoms with van der Waals surface area (Å²) in [6, 6.07) is 0. The minimum Gasteiger partial charge on any atom is -0.391 e. The maximum absolute atomic E-state index is 11.9. The van der Waals surface area contributed by atoms with Crippen LogP contribution >= 0.6 is 0 Å². The number of β-amino-alcohol motifs (C(OH)–C–C–N with tert-alkyl or cyclic N) is 1. The van der Waals surface area contributed by atoms with Crippen LogP contribution in [0.2, 0.25) is 0 Å². The topological polar surface area (TPSA) is 52.6 Å². The van der Waals surface area contributed by atoms with E-state index in [2.05, 4.69) is 5.32 Å². The fourth-order valence-electron chi connectivity index (χ4n) is 2.10. The third kappa shape index (κ3) is 1.77. The van der Waals surface area contributed by atoms with Gasteiger partial charge < -0.3 is 15.3 Å². The van der Waals surface area contributed by atoms with Crippen molar-refractivity contribution in [1.29, 1.82) is 0 Å². The van der Waals surface area contributed by atoms with Crippen LogP contribution in [-0.4, -0.2) is 48.2 Å². The summed E-state index contributed by atoms with van der Waals surface area (Å²) in [5, 5.41) is 12.5. The van der Waals surface area contributed by atoms with Crippen molar-refractivity contribution >= 4 is 5.91 Å². The zero-order valence-corrected chi connectivity index (χ0v) is 8.57. The molecular weight excluding hydrogens is 180 g/mol. The van der Waals surface area contributed by atoms with Gasteiger partial charge in [0.1, 0.15) is 0 Å². The molecule has 4 nitrogen and oxygen atoms in total. The summed E-state index contributed by atoms with van der Waals surface area (Å²) in [4.78, 5) is 13.7. The van der Waals surface area contributed by atoms with Gasteiger partial charge in [-0.05, 0) is 25.4 Å². The highest BCUT2D eigenvalue weighted by molar-refractivity contribution is 5.79. The first-order valence-electron chi connectivity index (χ1n) is 5.36. The number of aliphatic hydroxyl groups excluding tert-OH is 1. The fourth-order valence-corrected chi connectivity index (χ4v) is 2.10. The van der Waals surface area contributed by atoms with Crippen LogP contribution in [0.3, 0.4) is 0 Å². The number of rotatable bonds is 2. The lowest BCUT2D eigenvalue weighted by Gasteiger charge is -2.33. The maximum atomic E-state index is 11.9. The van der Waals surface area contributed by atoms with Gasteiger partial charge in [-0.2, -0.15) is 0 Å². The molecule has 2 aliphatic heterocycles. The number of nitrogens with one attached hydrogen (secondary N) is 1. The first-order chi connectivity index (χ1) is 6.68. The molecule has 14 heavy (non-hydrogen) atoms. The average molecular weight is 198 g/mol. The number of carbonyl (C=O) groups excluding carboxylic acids is 1. The Morgan fingerprint density at radius 3 is 2.71 bits per heavy atom. The molecular formula is C10H18N2O2. The van der Waals surface area contributed by atoms with Crippen molar-refractivity contribution in [3.63, 3.8) is 0 Å². The van der Waals surface area contributed by atoms with Gasteiger partial charge in [-0.25, -0.2) is 0 Å². The Balaban J connectivity index is 1.87. The standard InChI is InChI=1S/C10H18N2O2/c1-7(8-4-11-5-8)10(14)12-3-2-9(13)6-12/h7-9,11,13H,2-6H2,1H3/t7?,9-/m0/s1.